The van der Waals surface area contributed by atoms with Crippen LogP contribution in [0, 0.1) is 22.7 Å². The molecule has 2 bridgehead atoms. The molecular weight excluding hydrogens is 1230 g/mol. The third-order valence-corrected chi connectivity index (χ3v) is 21.7. The zero-order valence-corrected chi connectivity index (χ0v) is 59.3. The maximum atomic E-state index is 16.0. The van der Waals surface area contributed by atoms with Crippen LogP contribution in [-0.2, 0) is 66.6 Å². The Bertz CT molecular complexity index is 2770. The van der Waals surface area contributed by atoms with Gasteiger partial charge in [0, 0.05) is 39.4 Å². The Morgan fingerprint density at radius 3 is 1.77 bits per heavy atom. The minimum atomic E-state index is -2.32. The third-order valence-electron chi connectivity index (χ3n) is 19.6. The minimum absolute atomic E-state index is 0.0533. The van der Waals surface area contributed by atoms with Crippen LogP contribution >= 0.6 is 21.6 Å². The van der Waals surface area contributed by atoms with Crippen molar-refractivity contribution in [2.45, 2.75) is 270 Å². The lowest BCUT2D eigenvalue weighted by atomic mass is 9.44. The molecule has 3 aliphatic carbocycles. The second-order valence-electron chi connectivity index (χ2n) is 27.8. The monoisotopic (exact) mass is 1340 g/mol. The van der Waals surface area contributed by atoms with Gasteiger partial charge in [-0.2, -0.15) is 0 Å². The molecule has 18 nitrogen and oxygen atoms in total. The molecule has 20 heteroatoms. The van der Waals surface area contributed by atoms with Gasteiger partial charge < -0.3 is 53.1 Å². The Hall–Kier alpha value is -4.99. The van der Waals surface area contributed by atoms with Crippen molar-refractivity contribution in [2.75, 3.05) is 38.9 Å². The van der Waals surface area contributed by atoms with Gasteiger partial charge in [0.2, 0.25) is 6.10 Å². The van der Waals surface area contributed by atoms with Crippen LogP contribution in [0.2, 0.25) is 0 Å². The summed E-state index contributed by atoms with van der Waals surface area (Å²) in [5.74, 6) is -6.11. The van der Waals surface area contributed by atoms with E-state index in [0.717, 1.165) is 53.7 Å². The van der Waals surface area contributed by atoms with Crippen molar-refractivity contribution in [3.05, 3.63) is 82.9 Å². The summed E-state index contributed by atoms with van der Waals surface area (Å²) in [5, 5.41) is 16.9. The van der Waals surface area contributed by atoms with Gasteiger partial charge in [0.1, 0.15) is 53.2 Å². The molecule has 6 rings (SSSR count). The molecule has 12 atom stereocenters. The highest BCUT2D eigenvalue weighted by Crippen LogP contribution is 2.65. The molecule has 1 aliphatic heterocycles. The number of hydrogen-bond acceptors (Lipinski definition) is 19. The van der Waals surface area contributed by atoms with Crippen LogP contribution in [-0.4, -0.2) is 139 Å². The van der Waals surface area contributed by atoms with Crippen LogP contribution in [0.1, 0.15) is 232 Å². The number of amides is 1. The van der Waals surface area contributed by atoms with Crippen LogP contribution in [0.3, 0.4) is 0 Å². The summed E-state index contributed by atoms with van der Waals surface area (Å²) in [7, 11) is 4.93. The number of hydrogen-bond donors (Lipinski definition) is 2. The van der Waals surface area contributed by atoms with Crippen LogP contribution < -0.4 is 5.32 Å². The van der Waals surface area contributed by atoms with Gasteiger partial charge in [0.15, 0.2) is 11.4 Å². The standard InChI is InChI=1S/C73H109NO17S2/c1-13-15-17-19-21-23-24-26-28-32-38-51(37-31-27-25-22-20-18-16-14-2)45-85-57(76)46-92-93-47-58(77)88-62(60(52-39-33-29-34-40-52)74-68(81)91-69(5,6)7)67(80)87-54-44-73(82)65(89-66(79)53-41-35-30-36-42-53)63-71(10,64(78)61(84-12)59(49(54)3)70(73,8)9)55(83-11)43-56-72(63,48-86-56)90-50(4)75/h29-30,33-36,39-42,51,54-56,60-63,65,82H,13-28,31-32,37-38,43-48H2,1-12H3,(H,74,81)/t51?,54-,55-,56+,60-,61+,62+,63-,65-,71+,72-,73+/m1/s1. The van der Waals surface area contributed by atoms with Gasteiger partial charge in [-0.1, -0.05) is 213 Å². The van der Waals surface area contributed by atoms with Crippen molar-refractivity contribution < 1.29 is 81.3 Å². The lowest BCUT2D eigenvalue weighted by molar-refractivity contribution is -0.347. The fourth-order valence-electron chi connectivity index (χ4n) is 14.6. The highest BCUT2D eigenvalue weighted by molar-refractivity contribution is 8.77. The van der Waals surface area contributed by atoms with E-state index in [2.05, 4.69) is 19.2 Å². The van der Waals surface area contributed by atoms with Crippen molar-refractivity contribution in [2.24, 2.45) is 22.7 Å². The molecule has 2 N–H and O–H groups in total. The van der Waals surface area contributed by atoms with Gasteiger partial charge in [-0.05, 0) is 82.2 Å². The first-order chi connectivity index (χ1) is 44.3. The van der Waals surface area contributed by atoms with E-state index in [9.17, 15) is 29.1 Å². The Kier molecular flexibility index (Phi) is 30.1. The van der Waals surface area contributed by atoms with E-state index >= 15 is 9.59 Å². The molecule has 3 fully saturated rings. The average molecular weight is 1340 g/mol. The normalized spacial score (nSPS) is 25.7. The number of ketones is 1. The molecule has 2 aromatic rings. The van der Waals surface area contributed by atoms with E-state index in [-0.39, 0.29) is 41.6 Å². The molecule has 2 saturated carbocycles. The first-order valence-electron chi connectivity index (χ1n) is 34.3. The highest BCUT2D eigenvalue weighted by Gasteiger charge is 2.78. The fraction of sp³-hybridized carbons (Fsp3) is 0.712. The number of benzene rings is 2. The number of fused-ring (bicyclic) bond motifs is 5. The Morgan fingerprint density at radius 1 is 0.731 bits per heavy atom. The Balaban J connectivity index is 1.26. The third kappa shape index (κ3) is 20.1. The Labute approximate surface area is 561 Å². The molecular formula is C73H109NO17S2. The second kappa shape index (κ2) is 36.4. The summed E-state index contributed by atoms with van der Waals surface area (Å²) in [6.07, 6.45) is 14.5. The van der Waals surface area contributed by atoms with Crippen molar-refractivity contribution in [3.63, 3.8) is 0 Å². The van der Waals surface area contributed by atoms with Gasteiger partial charge in [-0.25, -0.2) is 14.4 Å². The summed E-state index contributed by atoms with van der Waals surface area (Å²) in [6.45, 7) is 17.5. The molecule has 1 unspecified atom stereocenters. The minimum Gasteiger partial charge on any atom is -0.465 e. The molecule has 1 amide bonds. The van der Waals surface area contributed by atoms with E-state index < -0.39 is 124 Å². The first-order valence-corrected chi connectivity index (χ1v) is 36.8. The second-order valence-corrected chi connectivity index (χ2v) is 30.2. The number of methoxy groups -OCH3 is 2. The van der Waals surface area contributed by atoms with Gasteiger partial charge in [-0.15, -0.1) is 0 Å². The molecule has 1 heterocycles. The van der Waals surface area contributed by atoms with Crippen molar-refractivity contribution in [1.82, 2.24) is 5.32 Å². The summed E-state index contributed by atoms with van der Waals surface area (Å²) in [4.78, 5) is 101. The van der Waals surface area contributed by atoms with Gasteiger partial charge in [0.05, 0.1) is 36.2 Å². The number of alkyl carbamates (subject to hydrolysis) is 1. The van der Waals surface area contributed by atoms with E-state index in [0.29, 0.717) is 17.7 Å². The average Bonchev–Trinajstić information content (AvgIpc) is 0.671. The van der Waals surface area contributed by atoms with Gasteiger partial charge in [-0.3, -0.25) is 19.2 Å². The zero-order chi connectivity index (χ0) is 68.0. The fourth-order valence-corrected chi connectivity index (χ4v) is 16.2. The molecule has 2 aromatic carbocycles. The molecule has 0 spiro atoms. The van der Waals surface area contributed by atoms with E-state index in [1.807, 2.05) is 0 Å². The van der Waals surface area contributed by atoms with E-state index in [4.69, 9.17) is 42.6 Å². The number of Topliss-reactive ketones (excluding diaryl/α,β-unsaturated/α-hetero) is 1. The van der Waals surface area contributed by atoms with E-state index in [1.165, 1.54) is 117 Å². The predicted molar refractivity (Wildman–Crippen MR) is 360 cm³/mol. The van der Waals surface area contributed by atoms with E-state index in [1.54, 1.807) is 109 Å². The summed E-state index contributed by atoms with van der Waals surface area (Å²) in [6, 6.07) is 15.0. The molecule has 0 aromatic heterocycles. The van der Waals surface area contributed by atoms with Gasteiger partial charge >= 0.3 is 35.9 Å². The SMILES string of the molecule is CCCCCCCCCCCCC(CCCCCCCCCC)COC(=O)CSSCC(=O)O[C@H](C(=O)O[C@@H]1C[C@]2(O)[C@H](OC(=O)c3ccccc3)[C@H]3[C@@]4(OC(C)=O)CO[C@H]4C[C@@H](OC)[C@]3(C)C(=O)[C@@H](OC)C(=C1C)C2(C)C)[C@H](NC(=O)OC(C)(C)C)c1ccccc1. The van der Waals surface area contributed by atoms with Crippen molar-refractivity contribution in [1.29, 1.82) is 0 Å². The topological polar surface area (TPSA) is 235 Å². The number of aliphatic hydroxyl groups is 1. The number of ether oxygens (including phenoxy) is 9. The lowest BCUT2D eigenvalue weighted by Gasteiger charge is -2.67. The summed E-state index contributed by atoms with van der Waals surface area (Å²) >= 11 is 0. The predicted octanol–water partition coefficient (Wildman–Crippen LogP) is 14.5. The van der Waals surface area contributed by atoms with Crippen molar-refractivity contribution >= 4 is 63.3 Å². The summed E-state index contributed by atoms with van der Waals surface area (Å²) < 4.78 is 55.7. The lowest BCUT2D eigenvalue weighted by Crippen LogP contribution is -2.82. The maximum Gasteiger partial charge on any atom is 0.408 e. The number of unbranched alkanes of at least 4 members (excludes halogenated alkanes) is 16. The Morgan fingerprint density at radius 2 is 1.27 bits per heavy atom. The van der Waals surface area contributed by atoms with Crippen molar-refractivity contribution in [3.8, 4) is 0 Å². The zero-order valence-electron chi connectivity index (χ0n) is 57.7. The number of rotatable bonds is 38. The summed E-state index contributed by atoms with van der Waals surface area (Å²) in [5.41, 5.74) is -7.30. The smallest absolute Gasteiger partial charge is 0.408 e. The van der Waals surface area contributed by atoms with Crippen LogP contribution in [0.5, 0.6) is 0 Å². The van der Waals surface area contributed by atoms with Crippen LogP contribution in [0.25, 0.3) is 0 Å². The van der Waals surface area contributed by atoms with Crippen LogP contribution in [0.15, 0.2) is 71.8 Å². The highest BCUT2D eigenvalue weighted by atomic mass is 33.1. The largest absolute Gasteiger partial charge is 0.465 e. The number of carbonyl (C=O) groups excluding carboxylic acids is 7. The van der Waals surface area contributed by atoms with Crippen LogP contribution in [0.4, 0.5) is 4.79 Å². The molecule has 520 valence electrons. The molecule has 0 radical (unpaired) electrons. The van der Waals surface area contributed by atoms with Gasteiger partial charge in [0.25, 0.3) is 0 Å². The maximum absolute atomic E-state index is 16.0. The number of esters is 5. The number of nitrogens with one attached hydrogen (secondary N) is 1. The molecule has 93 heavy (non-hydrogen) atoms. The number of carbonyl (C=O) groups is 7. The molecule has 4 aliphatic rings. The quantitative estimate of drug-likeness (QED) is 0.0209. The molecule has 1 saturated heterocycles. The first kappa shape index (κ1) is 77.0.